The molecule has 0 saturated heterocycles. The van der Waals surface area contributed by atoms with Crippen molar-refractivity contribution in [2.45, 2.75) is 26.4 Å². The zero-order valence-corrected chi connectivity index (χ0v) is 12.2. The number of aliphatic hydroxyl groups is 1. The first-order chi connectivity index (χ1) is 10.1. The molecule has 4 nitrogen and oxygen atoms in total. The predicted octanol–water partition coefficient (Wildman–Crippen LogP) is 3.88. The van der Waals surface area contributed by atoms with Crippen LogP contribution in [0.4, 0.5) is 5.69 Å². The highest BCUT2D eigenvalue weighted by Crippen LogP contribution is 2.34. The maximum absolute atomic E-state index is 11.2. The molecule has 0 aliphatic rings. The third-order valence-corrected chi connectivity index (χ3v) is 3.08. The van der Waals surface area contributed by atoms with Gasteiger partial charge in [0.05, 0.1) is 11.8 Å². The van der Waals surface area contributed by atoms with Gasteiger partial charge < -0.3 is 15.2 Å². The standard InChI is InChI=1S/C17H19NO3/c1-3-15(20)13-8-4-6-10-16(13)21-17-11-7-5-9-14(17)18-12(2)19/h4-11,15,20H,3H2,1-2H3,(H,18,19). The Morgan fingerprint density at radius 2 is 1.76 bits per heavy atom. The maximum Gasteiger partial charge on any atom is 0.221 e. The van der Waals surface area contributed by atoms with Crippen LogP contribution in [0.2, 0.25) is 0 Å². The first-order valence-corrected chi connectivity index (χ1v) is 6.93. The molecule has 0 saturated carbocycles. The molecule has 21 heavy (non-hydrogen) atoms. The molecule has 4 heteroatoms. The number of aliphatic hydroxyl groups excluding tert-OH is 1. The van der Waals surface area contributed by atoms with Crippen LogP contribution in [0.25, 0.3) is 0 Å². The lowest BCUT2D eigenvalue weighted by atomic mass is 10.1. The summed E-state index contributed by atoms with van der Waals surface area (Å²) in [5.41, 5.74) is 1.34. The minimum atomic E-state index is -0.575. The molecule has 0 bridgehead atoms. The fourth-order valence-electron chi connectivity index (χ4n) is 2.04. The van der Waals surface area contributed by atoms with E-state index in [0.717, 1.165) is 5.56 Å². The Hall–Kier alpha value is -2.33. The van der Waals surface area contributed by atoms with E-state index in [2.05, 4.69) is 5.32 Å². The van der Waals surface area contributed by atoms with Crippen molar-refractivity contribution in [1.82, 2.24) is 0 Å². The number of ether oxygens (including phenoxy) is 1. The number of para-hydroxylation sites is 3. The largest absolute Gasteiger partial charge is 0.455 e. The number of rotatable bonds is 5. The van der Waals surface area contributed by atoms with Gasteiger partial charge >= 0.3 is 0 Å². The molecule has 0 spiro atoms. The van der Waals surface area contributed by atoms with Gasteiger partial charge in [-0.2, -0.15) is 0 Å². The Bertz CT molecular complexity index is 625. The van der Waals surface area contributed by atoms with Crippen molar-refractivity contribution in [1.29, 1.82) is 0 Å². The minimum Gasteiger partial charge on any atom is -0.455 e. The monoisotopic (exact) mass is 285 g/mol. The minimum absolute atomic E-state index is 0.159. The Labute approximate surface area is 124 Å². The molecule has 2 aromatic carbocycles. The first kappa shape index (κ1) is 15.1. The Morgan fingerprint density at radius 1 is 1.14 bits per heavy atom. The van der Waals surface area contributed by atoms with Crippen LogP contribution >= 0.6 is 0 Å². The van der Waals surface area contributed by atoms with E-state index in [-0.39, 0.29) is 5.91 Å². The van der Waals surface area contributed by atoms with Crippen molar-refractivity contribution in [3.8, 4) is 11.5 Å². The summed E-state index contributed by atoms with van der Waals surface area (Å²) < 4.78 is 5.89. The van der Waals surface area contributed by atoms with Crippen LogP contribution in [0.3, 0.4) is 0 Å². The molecule has 1 unspecified atom stereocenters. The van der Waals surface area contributed by atoms with Crippen molar-refractivity contribution in [3.05, 3.63) is 54.1 Å². The summed E-state index contributed by atoms with van der Waals surface area (Å²) in [5.74, 6) is 0.973. The van der Waals surface area contributed by atoms with Crippen LogP contribution in [-0.4, -0.2) is 11.0 Å². The molecule has 1 amide bonds. The van der Waals surface area contributed by atoms with E-state index in [1.54, 1.807) is 18.2 Å². The van der Waals surface area contributed by atoms with E-state index in [9.17, 15) is 9.90 Å². The lowest BCUT2D eigenvalue weighted by Gasteiger charge is -2.16. The molecule has 0 heterocycles. The molecule has 1 atom stereocenters. The van der Waals surface area contributed by atoms with Gasteiger partial charge in [-0.1, -0.05) is 37.3 Å². The Balaban J connectivity index is 2.33. The van der Waals surface area contributed by atoms with Crippen molar-refractivity contribution in [2.24, 2.45) is 0 Å². The van der Waals surface area contributed by atoms with Gasteiger partial charge in [0.15, 0.2) is 5.75 Å². The molecule has 2 rings (SSSR count). The van der Waals surface area contributed by atoms with Gasteiger partial charge in [0.1, 0.15) is 5.75 Å². The summed E-state index contributed by atoms with van der Waals surface area (Å²) >= 11 is 0. The summed E-state index contributed by atoms with van der Waals surface area (Å²) in [6, 6.07) is 14.6. The number of benzene rings is 2. The van der Waals surface area contributed by atoms with Gasteiger partial charge in [-0.05, 0) is 24.6 Å². The van der Waals surface area contributed by atoms with Crippen molar-refractivity contribution in [2.75, 3.05) is 5.32 Å². The van der Waals surface area contributed by atoms with E-state index >= 15 is 0 Å². The highest BCUT2D eigenvalue weighted by molar-refractivity contribution is 5.90. The second-order valence-corrected chi connectivity index (χ2v) is 4.74. The zero-order chi connectivity index (χ0) is 15.2. The fraction of sp³-hybridized carbons (Fsp3) is 0.235. The quantitative estimate of drug-likeness (QED) is 0.876. The van der Waals surface area contributed by atoms with E-state index < -0.39 is 6.10 Å². The fourth-order valence-corrected chi connectivity index (χ4v) is 2.04. The third-order valence-electron chi connectivity index (χ3n) is 3.08. The molecule has 2 aromatic rings. The van der Waals surface area contributed by atoms with Crippen LogP contribution < -0.4 is 10.1 Å². The Morgan fingerprint density at radius 3 is 2.43 bits per heavy atom. The molecular formula is C17H19NO3. The highest BCUT2D eigenvalue weighted by atomic mass is 16.5. The van der Waals surface area contributed by atoms with E-state index in [1.165, 1.54) is 6.92 Å². The smallest absolute Gasteiger partial charge is 0.221 e. The van der Waals surface area contributed by atoms with Gasteiger partial charge in [0.2, 0.25) is 5.91 Å². The number of carbonyl (C=O) groups excluding carboxylic acids is 1. The van der Waals surface area contributed by atoms with Gasteiger partial charge in [-0.15, -0.1) is 0 Å². The lowest BCUT2D eigenvalue weighted by molar-refractivity contribution is -0.114. The van der Waals surface area contributed by atoms with Crippen LogP contribution in [0, 0.1) is 0 Å². The van der Waals surface area contributed by atoms with E-state index in [1.807, 2.05) is 37.3 Å². The lowest BCUT2D eigenvalue weighted by Crippen LogP contribution is -2.07. The average Bonchev–Trinajstić information content (AvgIpc) is 2.48. The average molecular weight is 285 g/mol. The van der Waals surface area contributed by atoms with E-state index in [0.29, 0.717) is 23.6 Å². The summed E-state index contributed by atoms with van der Waals surface area (Å²) in [6.07, 6.45) is 0.0300. The van der Waals surface area contributed by atoms with Crippen molar-refractivity contribution in [3.63, 3.8) is 0 Å². The zero-order valence-electron chi connectivity index (χ0n) is 12.2. The molecule has 110 valence electrons. The second-order valence-electron chi connectivity index (χ2n) is 4.74. The van der Waals surface area contributed by atoms with Crippen LogP contribution in [0.5, 0.6) is 11.5 Å². The first-order valence-electron chi connectivity index (χ1n) is 6.93. The molecule has 0 aliphatic carbocycles. The van der Waals surface area contributed by atoms with Crippen molar-refractivity contribution < 1.29 is 14.6 Å². The molecule has 0 radical (unpaired) electrons. The maximum atomic E-state index is 11.2. The number of anilines is 1. The highest BCUT2D eigenvalue weighted by Gasteiger charge is 2.13. The summed E-state index contributed by atoms with van der Waals surface area (Å²) in [7, 11) is 0. The molecule has 0 aliphatic heterocycles. The SMILES string of the molecule is CCC(O)c1ccccc1Oc1ccccc1NC(C)=O. The van der Waals surface area contributed by atoms with Crippen molar-refractivity contribution >= 4 is 11.6 Å². The summed E-state index contributed by atoms with van der Waals surface area (Å²) in [4.78, 5) is 11.2. The Kier molecular flexibility index (Phi) is 4.95. The number of hydrogen-bond acceptors (Lipinski definition) is 3. The van der Waals surface area contributed by atoms with Gasteiger partial charge in [0.25, 0.3) is 0 Å². The summed E-state index contributed by atoms with van der Waals surface area (Å²) in [6.45, 7) is 3.36. The molecule has 2 N–H and O–H groups in total. The van der Waals surface area contributed by atoms with Crippen LogP contribution in [-0.2, 0) is 4.79 Å². The molecule has 0 aromatic heterocycles. The number of carbonyl (C=O) groups is 1. The second kappa shape index (κ2) is 6.90. The van der Waals surface area contributed by atoms with Crippen LogP contribution in [0.1, 0.15) is 31.9 Å². The van der Waals surface area contributed by atoms with Gasteiger partial charge in [-0.25, -0.2) is 0 Å². The van der Waals surface area contributed by atoms with Gasteiger partial charge in [0, 0.05) is 12.5 Å². The predicted molar refractivity (Wildman–Crippen MR) is 82.5 cm³/mol. The topological polar surface area (TPSA) is 58.6 Å². The number of amides is 1. The third kappa shape index (κ3) is 3.83. The molecular weight excluding hydrogens is 266 g/mol. The summed E-state index contributed by atoms with van der Waals surface area (Å²) in [5, 5.41) is 12.8. The number of hydrogen-bond donors (Lipinski definition) is 2. The van der Waals surface area contributed by atoms with E-state index in [4.69, 9.17) is 4.74 Å². The number of nitrogens with one attached hydrogen (secondary N) is 1. The van der Waals surface area contributed by atoms with Gasteiger partial charge in [-0.3, -0.25) is 4.79 Å². The molecule has 0 fully saturated rings. The van der Waals surface area contributed by atoms with Crippen LogP contribution in [0.15, 0.2) is 48.5 Å². The normalized spacial score (nSPS) is 11.8.